The average molecular weight is 207 g/mol. The number of hydrogen-bond donors (Lipinski definition) is 0. The van der Waals surface area contributed by atoms with E-state index < -0.39 is 0 Å². The van der Waals surface area contributed by atoms with Gasteiger partial charge in [0.1, 0.15) is 0 Å². The predicted molar refractivity (Wildman–Crippen MR) is 54.2 cm³/mol. The van der Waals surface area contributed by atoms with Crippen LogP contribution < -0.4 is 0 Å². The van der Waals surface area contributed by atoms with E-state index in [4.69, 9.17) is 0 Å². The fraction of sp³-hybridized carbons (Fsp3) is 0. The molecule has 0 N–H and O–H groups in total. The summed E-state index contributed by atoms with van der Waals surface area (Å²) in [6, 6.07) is 4.10. The molecule has 0 unspecified atom stereocenters. The van der Waals surface area contributed by atoms with Crippen LogP contribution in [0.25, 0.3) is 14.8 Å². The Labute approximate surface area is 82.3 Å². The molecule has 3 aromatic rings. The second-order valence-corrected chi connectivity index (χ2v) is 4.44. The molecule has 0 aromatic carbocycles. The van der Waals surface area contributed by atoms with Crippen LogP contribution in [-0.4, -0.2) is 14.6 Å². The SMILES string of the molecule is c1csc(-c2nn3ccnc3s2)c1. The predicted octanol–water partition coefficient (Wildman–Crippen LogP) is 2.52. The Hall–Kier alpha value is -1.20. The molecule has 5 heteroatoms. The summed E-state index contributed by atoms with van der Waals surface area (Å²) in [5.74, 6) is 0. The maximum absolute atomic E-state index is 4.40. The number of aromatic nitrogens is 3. The second-order valence-electron chi connectivity index (χ2n) is 2.54. The summed E-state index contributed by atoms with van der Waals surface area (Å²) in [5.41, 5.74) is 0. The summed E-state index contributed by atoms with van der Waals surface area (Å²) in [5, 5.41) is 7.49. The van der Waals surface area contributed by atoms with Gasteiger partial charge in [0.15, 0.2) is 5.01 Å². The van der Waals surface area contributed by atoms with Gasteiger partial charge in [0.05, 0.1) is 11.1 Å². The van der Waals surface area contributed by atoms with E-state index in [9.17, 15) is 0 Å². The molecule has 3 aromatic heterocycles. The third-order valence-corrected chi connectivity index (χ3v) is 3.68. The van der Waals surface area contributed by atoms with Gasteiger partial charge in [-0.2, -0.15) is 5.10 Å². The van der Waals surface area contributed by atoms with Crippen LogP contribution >= 0.6 is 22.7 Å². The van der Waals surface area contributed by atoms with Crippen molar-refractivity contribution in [2.75, 3.05) is 0 Å². The van der Waals surface area contributed by atoms with E-state index in [1.807, 2.05) is 12.3 Å². The van der Waals surface area contributed by atoms with Gasteiger partial charge in [0.25, 0.3) is 0 Å². The van der Waals surface area contributed by atoms with Gasteiger partial charge in [-0.15, -0.1) is 11.3 Å². The highest BCUT2D eigenvalue weighted by atomic mass is 32.1. The van der Waals surface area contributed by atoms with E-state index in [1.54, 1.807) is 33.4 Å². The van der Waals surface area contributed by atoms with E-state index in [0.29, 0.717) is 0 Å². The van der Waals surface area contributed by atoms with Crippen molar-refractivity contribution < 1.29 is 0 Å². The molecule has 0 spiro atoms. The van der Waals surface area contributed by atoms with Crippen LogP contribution in [0.15, 0.2) is 29.9 Å². The zero-order valence-corrected chi connectivity index (χ0v) is 8.18. The molecule has 0 saturated heterocycles. The van der Waals surface area contributed by atoms with Gasteiger partial charge < -0.3 is 0 Å². The number of fused-ring (bicyclic) bond motifs is 1. The number of rotatable bonds is 1. The summed E-state index contributed by atoms with van der Waals surface area (Å²) in [4.78, 5) is 6.32. The van der Waals surface area contributed by atoms with Gasteiger partial charge in [0, 0.05) is 6.20 Å². The first-order chi connectivity index (χ1) is 6.43. The lowest BCUT2D eigenvalue weighted by Crippen LogP contribution is -1.79. The van der Waals surface area contributed by atoms with Gasteiger partial charge in [-0.05, 0) is 11.4 Å². The van der Waals surface area contributed by atoms with Crippen LogP contribution in [0.1, 0.15) is 0 Å². The lowest BCUT2D eigenvalue weighted by Gasteiger charge is -1.83. The smallest absolute Gasteiger partial charge is 0.212 e. The zero-order chi connectivity index (χ0) is 8.67. The largest absolute Gasteiger partial charge is 0.226 e. The van der Waals surface area contributed by atoms with Crippen LogP contribution in [0.5, 0.6) is 0 Å². The Balaban J connectivity index is 2.23. The minimum absolute atomic E-state index is 0.948. The first kappa shape index (κ1) is 7.23. The molecular formula is C8H5N3S2. The Morgan fingerprint density at radius 1 is 1.38 bits per heavy atom. The summed E-state index contributed by atoms with van der Waals surface area (Å²) >= 11 is 3.31. The molecule has 0 fully saturated rings. The third kappa shape index (κ3) is 1.08. The molecule has 0 bridgehead atoms. The van der Waals surface area contributed by atoms with Gasteiger partial charge in [-0.1, -0.05) is 17.4 Å². The number of nitrogens with zero attached hydrogens (tertiary/aromatic N) is 3. The summed E-state index contributed by atoms with van der Waals surface area (Å²) in [6.07, 6.45) is 3.62. The van der Waals surface area contributed by atoms with Crippen LogP contribution in [0, 0.1) is 0 Å². The molecule has 64 valence electrons. The summed E-state index contributed by atoms with van der Waals surface area (Å²) < 4.78 is 1.81. The van der Waals surface area contributed by atoms with Crippen molar-refractivity contribution in [1.29, 1.82) is 0 Å². The van der Waals surface area contributed by atoms with E-state index >= 15 is 0 Å². The summed E-state index contributed by atoms with van der Waals surface area (Å²) in [6.45, 7) is 0. The minimum atomic E-state index is 0.948. The van der Waals surface area contributed by atoms with Crippen molar-refractivity contribution in [2.45, 2.75) is 0 Å². The van der Waals surface area contributed by atoms with Crippen molar-refractivity contribution in [2.24, 2.45) is 0 Å². The first-order valence-electron chi connectivity index (χ1n) is 3.77. The normalized spacial score (nSPS) is 11.1. The minimum Gasteiger partial charge on any atom is -0.226 e. The Morgan fingerprint density at radius 3 is 3.15 bits per heavy atom. The molecular weight excluding hydrogens is 202 g/mol. The lowest BCUT2D eigenvalue weighted by molar-refractivity contribution is 0.980. The zero-order valence-electron chi connectivity index (χ0n) is 6.54. The second kappa shape index (κ2) is 2.65. The van der Waals surface area contributed by atoms with Gasteiger partial charge in [0.2, 0.25) is 4.96 Å². The summed E-state index contributed by atoms with van der Waals surface area (Å²) in [7, 11) is 0. The molecule has 13 heavy (non-hydrogen) atoms. The fourth-order valence-electron chi connectivity index (χ4n) is 1.14. The van der Waals surface area contributed by atoms with Crippen molar-refractivity contribution in [1.82, 2.24) is 14.6 Å². The van der Waals surface area contributed by atoms with Gasteiger partial charge >= 0.3 is 0 Å². The van der Waals surface area contributed by atoms with Gasteiger partial charge in [-0.3, -0.25) is 0 Å². The van der Waals surface area contributed by atoms with Crippen molar-refractivity contribution in [3.63, 3.8) is 0 Å². The van der Waals surface area contributed by atoms with Gasteiger partial charge in [-0.25, -0.2) is 9.50 Å². The van der Waals surface area contributed by atoms with E-state index in [0.717, 1.165) is 9.97 Å². The lowest BCUT2D eigenvalue weighted by atomic mass is 10.5. The molecule has 3 nitrogen and oxygen atoms in total. The monoisotopic (exact) mass is 207 g/mol. The van der Waals surface area contributed by atoms with Crippen LogP contribution in [0.2, 0.25) is 0 Å². The van der Waals surface area contributed by atoms with E-state index in [2.05, 4.69) is 21.5 Å². The molecule has 0 saturated carbocycles. The number of thiophene rings is 1. The van der Waals surface area contributed by atoms with Crippen LogP contribution in [-0.2, 0) is 0 Å². The fourth-order valence-corrected chi connectivity index (χ4v) is 2.79. The third-order valence-electron chi connectivity index (χ3n) is 1.71. The van der Waals surface area contributed by atoms with E-state index in [-0.39, 0.29) is 0 Å². The topological polar surface area (TPSA) is 30.2 Å². The molecule has 0 aliphatic carbocycles. The molecule has 0 atom stereocenters. The number of hydrogen-bond acceptors (Lipinski definition) is 4. The maximum atomic E-state index is 4.40. The van der Waals surface area contributed by atoms with Crippen LogP contribution in [0.4, 0.5) is 0 Å². The highest BCUT2D eigenvalue weighted by molar-refractivity contribution is 7.23. The first-order valence-corrected chi connectivity index (χ1v) is 5.47. The highest BCUT2D eigenvalue weighted by Gasteiger charge is 2.06. The molecule has 0 amide bonds. The number of imidazole rings is 1. The Morgan fingerprint density at radius 2 is 2.38 bits per heavy atom. The molecule has 3 heterocycles. The van der Waals surface area contributed by atoms with Crippen molar-refractivity contribution >= 4 is 27.6 Å². The standard InChI is InChI=1S/C8H5N3S2/c1-2-6(12-5-1)7-10-11-4-3-9-8(11)13-7/h1-5H. The van der Waals surface area contributed by atoms with Crippen molar-refractivity contribution in [3.05, 3.63) is 29.9 Å². The molecule has 3 rings (SSSR count). The van der Waals surface area contributed by atoms with Crippen molar-refractivity contribution in [3.8, 4) is 9.88 Å². The average Bonchev–Trinajstić information content (AvgIpc) is 2.78. The molecule has 0 aliphatic rings. The maximum Gasteiger partial charge on any atom is 0.212 e. The Bertz CT molecular complexity index is 492. The molecule has 0 radical (unpaired) electrons. The van der Waals surface area contributed by atoms with E-state index in [1.165, 1.54) is 4.88 Å². The Kier molecular flexibility index (Phi) is 1.47. The quantitative estimate of drug-likeness (QED) is 0.613. The highest BCUT2D eigenvalue weighted by Crippen LogP contribution is 2.28. The molecule has 0 aliphatic heterocycles. The van der Waals surface area contributed by atoms with Crippen LogP contribution in [0.3, 0.4) is 0 Å².